The Bertz CT molecular complexity index is 658. The van der Waals surface area contributed by atoms with Crippen LogP contribution >= 0.6 is 0 Å². The molecule has 0 radical (unpaired) electrons. The lowest BCUT2D eigenvalue weighted by Crippen LogP contribution is -2.23. The molecular weight excluding hydrogens is 289 g/mol. The zero-order valence-corrected chi connectivity index (χ0v) is 10.9. The molecule has 2 rings (SSSR count). The van der Waals surface area contributed by atoms with Crippen molar-refractivity contribution in [1.29, 1.82) is 0 Å². The van der Waals surface area contributed by atoms with Crippen LogP contribution in [0.15, 0.2) is 33.9 Å². The lowest BCUT2D eigenvalue weighted by atomic mass is 10.4. The summed E-state index contributed by atoms with van der Waals surface area (Å²) in [5.74, 6) is 0.539. The predicted octanol–water partition coefficient (Wildman–Crippen LogP) is 1.95. The molecule has 2 aromatic heterocycles. The number of furan rings is 1. The van der Waals surface area contributed by atoms with Crippen molar-refractivity contribution in [3.63, 3.8) is 0 Å². The summed E-state index contributed by atoms with van der Waals surface area (Å²) in [7, 11) is 0. The number of aromatic nitrogens is 2. The van der Waals surface area contributed by atoms with Gasteiger partial charge in [0, 0.05) is 6.20 Å². The van der Waals surface area contributed by atoms with Crippen LogP contribution < -0.4 is 5.43 Å². The number of aryl methyl sites for hydroxylation is 1. The Kier molecular flexibility index (Phi) is 4.10. The van der Waals surface area contributed by atoms with E-state index in [-0.39, 0.29) is 6.54 Å². The van der Waals surface area contributed by atoms with Crippen molar-refractivity contribution < 1.29 is 22.4 Å². The molecule has 1 N–H and O–H groups in total. The summed E-state index contributed by atoms with van der Waals surface area (Å²) in [5, 5.41) is 6.88. The van der Waals surface area contributed by atoms with Gasteiger partial charge in [-0.1, -0.05) is 0 Å². The third kappa shape index (κ3) is 4.20. The van der Waals surface area contributed by atoms with Crippen LogP contribution in [0.1, 0.15) is 17.2 Å². The molecule has 6 nitrogen and oxygen atoms in total. The maximum atomic E-state index is 12.3. The van der Waals surface area contributed by atoms with E-state index >= 15 is 0 Å². The number of carbonyl (C=O) groups is 1. The first-order valence-corrected chi connectivity index (χ1v) is 5.83. The normalized spacial score (nSPS) is 12.0. The van der Waals surface area contributed by atoms with Gasteiger partial charge in [-0.25, -0.2) is 5.43 Å². The highest BCUT2D eigenvalue weighted by Crippen LogP contribution is 2.27. The Hall–Kier alpha value is -2.58. The second-order valence-corrected chi connectivity index (χ2v) is 4.14. The number of amides is 1. The number of halogens is 3. The largest absolute Gasteiger partial charge is 0.460 e. The molecule has 0 fully saturated rings. The molecule has 0 saturated heterocycles. The Morgan fingerprint density at radius 2 is 2.24 bits per heavy atom. The van der Waals surface area contributed by atoms with Gasteiger partial charge in [-0.2, -0.15) is 23.4 Å². The molecule has 0 aliphatic rings. The molecule has 112 valence electrons. The molecule has 0 aromatic carbocycles. The fourth-order valence-corrected chi connectivity index (χ4v) is 1.47. The molecule has 0 aliphatic heterocycles. The van der Waals surface area contributed by atoms with Gasteiger partial charge >= 0.3 is 6.18 Å². The lowest BCUT2D eigenvalue weighted by Gasteiger charge is -2.02. The van der Waals surface area contributed by atoms with Crippen LogP contribution in [0.5, 0.6) is 0 Å². The van der Waals surface area contributed by atoms with Crippen LogP contribution in [0.3, 0.4) is 0 Å². The van der Waals surface area contributed by atoms with Crippen molar-refractivity contribution in [2.24, 2.45) is 5.10 Å². The van der Waals surface area contributed by atoms with E-state index in [1.54, 1.807) is 19.1 Å². The molecule has 9 heteroatoms. The van der Waals surface area contributed by atoms with Crippen molar-refractivity contribution in [3.8, 4) is 0 Å². The van der Waals surface area contributed by atoms with Crippen LogP contribution in [0, 0.1) is 6.92 Å². The summed E-state index contributed by atoms with van der Waals surface area (Å²) in [4.78, 5) is 11.5. The summed E-state index contributed by atoms with van der Waals surface area (Å²) in [6.07, 6.45) is -2.17. The molecule has 2 heterocycles. The van der Waals surface area contributed by atoms with Crippen LogP contribution in [0.2, 0.25) is 0 Å². The standard InChI is InChI=1S/C12H11F3N4O2/c1-8-2-3-9(21-8)6-16-17-11(20)7-19-5-4-10(18-19)12(13,14)15/h2-6H,7H2,1H3,(H,17,20). The lowest BCUT2D eigenvalue weighted by molar-refractivity contribution is -0.141. The van der Waals surface area contributed by atoms with E-state index in [1.807, 2.05) is 0 Å². The van der Waals surface area contributed by atoms with Crippen LogP contribution in [0.25, 0.3) is 0 Å². The topological polar surface area (TPSA) is 72.4 Å². The minimum absolute atomic E-state index is 0.370. The molecule has 0 bridgehead atoms. The van der Waals surface area contributed by atoms with Gasteiger partial charge < -0.3 is 4.42 Å². The smallest absolute Gasteiger partial charge is 0.435 e. The third-order valence-corrected chi connectivity index (χ3v) is 2.38. The molecule has 2 aromatic rings. The SMILES string of the molecule is Cc1ccc(C=NNC(=O)Cn2ccc(C(F)(F)F)n2)o1. The minimum Gasteiger partial charge on any atom is -0.460 e. The second-order valence-electron chi connectivity index (χ2n) is 4.14. The first-order chi connectivity index (χ1) is 9.84. The number of nitrogens with one attached hydrogen (secondary N) is 1. The average molecular weight is 300 g/mol. The summed E-state index contributed by atoms with van der Waals surface area (Å²) < 4.78 is 43.0. The van der Waals surface area contributed by atoms with Crippen molar-refractivity contribution in [3.05, 3.63) is 41.6 Å². The van der Waals surface area contributed by atoms with Gasteiger partial charge in [-0.15, -0.1) is 0 Å². The van der Waals surface area contributed by atoms with Gasteiger partial charge in [-0.05, 0) is 25.1 Å². The van der Waals surface area contributed by atoms with Gasteiger partial charge in [0.2, 0.25) is 0 Å². The number of carbonyl (C=O) groups excluding carboxylic acids is 1. The number of nitrogens with zero attached hydrogens (tertiary/aromatic N) is 3. The Labute approximate surface area is 117 Å². The highest BCUT2D eigenvalue weighted by Gasteiger charge is 2.33. The van der Waals surface area contributed by atoms with Crippen LogP contribution in [0.4, 0.5) is 13.2 Å². The number of hydrogen-bond acceptors (Lipinski definition) is 4. The summed E-state index contributed by atoms with van der Waals surface area (Å²) >= 11 is 0. The van der Waals surface area contributed by atoms with Crippen molar-refractivity contribution in [2.45, 2.75) is 19.6 Å². The molecule has 0 saturated carbocycles. The van der Waals surface area contributed by atoms with Gasteiger partial charge in [-0.3, -0.25) is 9.48 Å². The highest BCUT2D eigenvalue weighted by molar-refractivity contribution is 5.80. The number of alkyl halides is 3. The van der Waals surface area contributed by atoms with E-state index in [1.165, 1.54) is 6.21 Å². The van der Waals surface area contributed by atoms with Gasteiger partial charge in [0.25, 0.3) is 5.91 Å². The van der Waals surface area contributed by atoms with E-state index in [9.17, 15) is 18.0 Å². The Morgan fingerprint density at radius 3 is 2.81 bits per heavy atom. The van der Waals surface area contributed by atoms with Crippen LogP contribution in [-0.4, -0.2) is 21.9 Å². The predicted molar refractivity (Wildman–Crippen MR) is 66.4 cm³/mol. The third-order valence-electron chi connectivity index (χ3n) is 2.38. The van der Waals surface area contributed by atoms with Crippen molar-refractivity contribution in [1.82, 2.24) is 15.2 Å². The summed E-state index contributed by atoms with van der Waals surface area (Å²) in [5.41, 5.74) is 1.11. The number of hydrazone groups is 1. The van der Waals surface area contributed by atoms with Gasteiger partial charge in [0.15, 0.2) is 5.69 Å². The zero-order valence-electron chi connectivity index (χ0n) is 10.9. The number of hydrogen-bond donors (Lipinski definition) is 1. The zero-order chi connectivity index (χ0) is 15.5. The van der Waals surface area contributed by atoms with E-state index in [4.69, 9.17) is 4.42 Å². The van der Waals surface area contributed by atoms with Crippen LogP contribution in [-0.2, 0) is 17.5 Å². The van der Waals surface area contributed by atoms with E-state index in [0.29, 0.717) is 11.5 Å². The molecule has 1 amide bonds. The number of rotatable bonds is 4. The summed E-state index contributed by atoms with van der Waals surface area (Å²) in [6.45, 7) is 1.39. The Balaban J connectivity index is 1.87. The highest BCUT2D eigenvalue weighted by atomic mass is 19.4. The monoisotopic (exact) mass is 300 g/mol. The molecule has 21 heavy (non-hydrogen) atoms. The summed E-state index contributed by atoms with van der Waals surface area (Å²) in [6, 6.07) is 4.18. The van der Waals surface area contributed by atoms with E-state index in [2.05, 4.69) is 15.6 Å². The van der Waals surface area contributed by atoms with E-state index < -0.39 is 17.8 Å². The van der Waals surface area contributed by atoms with Crippen molar-refractivity contribution >= 4 is 12.1 Å². The van der Waals surface area contributed by atoms with Crippen molar-refractivity contribution in [2.75, 3.05) is 0 Å². The first-order valence-electron chi connectivity index (χ1n) is 5.83. The van der Waals surface area contributed by atoms with Gasteiger partial charge in [0.1, 0.15) is 18.1 Å². The molecule has 0 spiro atoms. The maximum absolute atomic E-state index is 12.3. The fourth-order valence-electron chi connectivity index (χ4n) is 1.47. The molecule has 0 aliphatic carbocycles. The minimum atomic E-state index is -4.53. The average Bonchev–Trinajstić information content (AvgIpc) is 2.98. The first kappa shape index (κ1) is 14.8. The second kappa shape index (κ2) is 5.81. The fraction of sp³-hybridized carbons (Fsp3) is 0.250. The quantitative estimate of drug-likeness (QED) is 0.693. The molecular formula is C12H11F3N4O2. The molecule has 0 atom stereocenters. The Morgan fingerprint density at radius 1 is 1.48 bits per heavy atom. The van der Waals surface area contributed by atoms with E-state index in [0.717, 1.165) is 16.9 Å². The maximum Gasteiger partial charge on any atom is 0.435 e. The van der Waals surface area contributed by atoms with Gasteiger partial charge in [0.05, 0.1) is 6.21 Å². The molecule has 0 unspecified atom stereocenters.